The van der Waals surface area contributed by atoms with E-state index in [1.54, 1.807) is 36.4 Å². The highest BCUT2D eigenvalue weighted by molar-refractivity contribution is 6.30. The molecule has 0 bridgehead atoms. The predicted octanol–water partition coefficient (Wildman–Crippen LogP) is 5.91. The number of amides is 1. The first-order valence-electron chi connectivity index (χ1n) is 9.91. The largest absolute Gasteiger partial charge is 0.492 e. The summed E-state index contributed by atoms with van der Waals surface area (Å²) < 4.78 is 7.95. The zero-order chi connectivity index (χ0) is 21.8. The minimum Gasteiger partial charge on any atom is -0.492 e. The van der Waals surface area contributed by atoms with Gasteiger partial charge in [0.1, 0.15) is 18.2 Å². The van der Waals surface area contributed by atoms with Gasteiger partial charge in [0, 0.05) is 15.6 Å². The van der Waals surface area contributed by atoms with E-state index in [4.69, 9.17) is 32.9 Å². The number of rotatable bonds is 7. The number of nitrogens with zero attached hydrogens (tertiary/aromatic N) is 2. The van der Waals surface area contributed by atoms with Gasteiger partial charge < -0.3 is 14.6 Å². The summed E-state index contributed by atoms with van der Waals surface area (Å²) in [5.41, 5.74) is 2.41. The van der Waals surface area contributed by atoms with Gasteiger partial charge in [-0.05, 0) is 67.6 Å². The highest BCUT2D eigenvalue weighted by Gasteiger charge is 2.19. The van der Waals surface area contributed by atoms with Crippen molar-refractivity contribution in [2.75, 3.05) is 6.61 Å². The van der Waals surface area contributed by atoms with Gasteiger partial charge in [0.15, 0.2) is 0 Å². The molecule has 0 saturated carbocycles. The Balaban J connectivity index is 1.53. The van der Waals surface area contributed by atoms with Gasteiger partial charge in [0.2, 0.25) is 0 Å². The van der Waals surface area contributed by atoms with Crippen molar-refractivity contribution in [1.82, 2.24) is 14.9 Å². The predicted molar refractivity (Wildman–Crippen MR) is 124 cm³/mol. The monoisotopic (exact) mass is 453 g/mol. The molecule has 31 heavy (non-hydrogen) atoms. The van der Waals surface area contributed by atoms with E-state index in [9.17, 15) is 4.79 Å². The first-order chi connectivity index (χ1) is 15.0. The molecule has 0 saturated heterocycles. The topological polar surface area (TPSA) is 56.2 Å². The summed E-state index contributed by atoms with van der Waals surface area (Å²) in [6, 6.07) is 21.7. The highest BCUT2D eigenvalue weighted by Crippen LogP contribution is 2.22. The fraction of sp³-hybridized carbons (Fsp3) is 0.167. The van der Waals surface area contributed by atoms with Crippen molar-refractivity contribution < 1.29 is 9.53 Å². The molecule has 1 heterocycles. The highest BCUT2D eigenvalue weighted by atomic mass is 35.5. The van der Waals surface area contributed by atoms with E-state index in [1.165, 1.54) is 0 Å². The van der Waals surface area contributed by atoms with Gasteiger partial charge in [0.25, 0.3) is 5.91 Å². The normalized spacial score (nSPS) is 12.0. The number of hydrogen-bond acceptors (Lipinski definition) is 3. The zero-order valence-corrected chi connectivity index (χ0v) is 18.4. The Hall–Kier alpha value is -3.02. The number of ether oxygens (including phenoxy) is 1. The number of halogens is 2. The molecule has 7 heteroatoms. The van der Waals surface area contributed by atoms with Crippen LogP contribution in [0.1, 0.15) is 29.1 Å². The Kier molecular flexibility index (Phi) is 6.44. The number of nitrogens with one attached hydrogen (secondary N) is 1. The fourth-order valence-corrected chi connectivity index (χ4v) is 3.64. The second-order valence-corrected chi connectivity index (χ2v) is 7.99. The quantitative estimate of drug-likeness (QED) is 0.378. The maximum Gasteiger partial charge on any atom is 0.251 e. The number of para-hydroxylation sites is 2. The first kappa shape index (κ1) is 21.2. The van der Waals surface area contributed by atoms with Crippen LogP contribution in [0.3, 0.4) is 0 Å². The van der Waals surface area contributed by atoms with Crippen LogP contribution in [0.4, 0.5) is 0 Å². The molecule has 1 aromatic heterocycles. The lowest BCUT2D eigenvalue weighted by molar-refractivity contribution is 0.0937. The number of carbonyl (C=O) groups excluding carboxylic acids is 1. The molecule has 5 nitrogen and oxygen atoms in total. The molecule has 0 spiro atoms. The number of aromatic nitrogens is 2. The standard InChI is InChI=1S/C24H21Cl2N3O2/c1-16(27-24(30)17-6-8-18(25)9-7-17)23-28-21-4-2-3-5-22(21)29(23)14-15-31-20-12-10-19(26)11-13-20/h2-13,16H,14-15H2,1H3,(H,27,30). The van der Waals surface area contributed by atoms with Gasteiger partial charge >= 0.3 is 0 Å². The van der Waals surface area contributed by atoms with Crippen molar-refractivity contribution in [2.45, 2.75) is 19.5 Å². The molecule has 1 unspecified atom stereocenters. The Bertz CT molecular complexity index is 1190. The van der Waals surface area contributed by atoms with Gasteiger partial charge in [-0.25, -0.2) is 4.98 Å². The number of fused-ring (bicyclic) bond motifs is 1. The average molecular weight is 454 g/mol. The molecule has 0 aliphatic carbocycles. The Morgan fingerprint density at radius 2 is 1.65 bits per heavy atom. The van der Waals surface area contributed by atoms with Gasteiger partial charge in [0.05, 0.1) is 23.6 Å². The molecule has 0 aliphatic heterocycles. The molecule has 0 fully saturated rings. The Morgan fingerprint density at radius 1 is 1.00 bits per heavy atom. The third-order valence-corrected chi connectivity index (χ3v) is 5.43. The minimum atomic E-state index is -0.300. The van der Waals surface area contributed by atoms with Crippen LogP contribution in [0, 0.1) is 0 Å². The third kappa shape index (κ3) is 5.01. The van der Waals surface area contributed by atoms with Crippen LogP contribution >= 0.6 is 23.2 Å². The second-order valence-electron chi connectivity index (χ2n) is 7.11. The number of hydrogen-bond donors (Lipinski definition) is 1. The van der Waals surface area contributed by atoms with E-state index < -0.39 is 0 Å². The molecule has 1 amide bonds. The van der Waals surface area contributed by atoms with Crippen molar-refractivity contribution >= 4 is 40.1 Å². The van der Waals surface area contributed by atoms with Crippen LogP contribution in [0.2, 0.25) is 10.0 Å². The van der Waals surface area contributed by atoms with E-state index >= 15 is 0 Å². The van der Waals surface area contributed by atoms with E-state index in [0.29, 0.717) is 28.8 Å². The van der Waals surface area contributed by atoms with Gasteiger partial charge in [-0.1, -0.05) is 35.3 Å². The molecule has 1 atom stereocenters. The number of imidazole rings is 1. The smallest absolute Gasteiger partial charge is 0.251 e. The third-order valence-electron chi connectivity index (χ3n) is 4.92. The molecule has 0 radical (unpaired) electrons. The summed E-state index contributed by atoms with van der Waals surface area (Å²) >= 11 is 11.9. The van der Waals surface area contributed by atoms with Crippen LogP contribution in [-0.2, 0) is 6.54 Å². The van der Waals surface area contributed by atoms with E-state index in [-0.39, 0.29) is 11.9 Å². The molecular weight excluding hydrogens is 433 g/mol. The summed E-state index contributed by atoms with van der Waals surface area (Å²) in [5.74, 6) is 1.34. The first-order valence-corrected chi connectivity index (χ1v) is 10.7. The second kappa shape index (κ2) is 9.41. The van der Waals surface area contributed by atoms with Gasteiger partial charge in [-0.2, -0.15) is 0 Å². The molecule has 3 aromatic carbocycles. The van der Waals surface area contributed by atoms with Crippen molar-refractivity contribution in [2.24, 2.45) is 0 Å². The molecule has 0 aliphatic rings. The molecule has 1 N–H and O–H groups in total. The SMILES string of the molecule is CC(NC(=O)c1ccc(Cl)cc1)c1nc2ccccc2n1CCOc1ccc(Cl)cc1. The van der Waals surface area contributed by atoms with Gasteiger partial charge in [-0.3, -0.25) is 4.79 Å². The lowest BCUT2D eigenvalue weighted by Crippen LogP contribution is -2.29. The summed E-state index contributed by atoms with van der Waals surface area (Å²) in [6.45, 7) is 2.96. The van der Waals surface area contributed by atoms with Crippen molar-refractivity contribution in [3.8, 4) is 5.75 Å². The lowest BCUT2D eigenvalue weighted by Gasteiger charge is -2.17. The van der Waals surface area contributed by atoms with E-state index in [2.05, 4.69) is 9.88 Å². The minimum absolute atomic E-state index is 0.180. The van der Waals surface area contributed by atoms with Crippen LogP contribution in [0.25, 0.3) is 11.0 Å². The molecular formula is C24H21Cl2N3O2. The summed E-state index contributed by atoms with van der Waals surface area (Å²) in [4.78, 5) is 17.4. The Morgan fingerprint density at radius 3 is 2.35 bits per heavy atom. The molecule has 158 valence electrons. The molecule has 4 aromatic rings. The van der Waals surface area contributed by atoms with E-state index in [0.717, 1.165) is 22.6 Å². The Labute approximate surface area is 190 Å². The van der Waals surface area contributed by atoms with Crippen molar-refractivity contribution in [1.29, 1.82) is 0 Å². The van der Waals surface area contributed by atoms with Crippen LogP contribution in [0.15, 0.2) is 72.8 Å². The van der Waals surface area contributed by atoms with Crippen molar-refractivity contribution in [3.05, 3.63) is 94.2 Å². The summed E-state index contributed by atoms with van der Waals surface area (Å²) in [7, 11) is 0. The summed E-state index contributed by atoms with van der Waals surface area (Å²) in [6.07, 6.45) is 0. The zero-order valence-electron chi connectivity index (χ0n) is 16.9. The van der Waals surface area contributed by atoms with Crippen LogP contribution in [-0.4, -0.2) is 22.1 Å². The average Bonchev–Trinajstić information content (AvgIpc) is 3.14. The van der Waals surface area contributed by atoms with Crippen molar-refractivity contribution in [3.63, 3.8) is 0 Å². The van der Waals surface area contributed by atoms with E-state index in [1.807, 2.05) is 43.3 Å². The molecule has 4 rings (SSSR count). The van der Waals surface area contributed by atoms with Crippen LogP contribution in [0.5, 0.6) is 5.75 Å². The number of benzene rings is 3. The fourth-order valence-electron chi connectivity index (χ4n) is 3.39. The number of carbonyl (C=O) groups is 1. The summed E-state index contributed by atoms with van der Waals surface area (Å²) in [5, 5.41) is 4.28. The maximum absolute atomic E-state index is 12.7. The lowest BCUT2D eigenvalue weighted by atomic mass is 10.2. The van der Waals surface area contributed by atoms with Crippen LogP contribution < -0.4 is 10.1 Å². The maximum atomic E-state index is 12.7. The van der Waals surface area contributed by atoms with Gasteiger partial charge in [-0.15, -0.1) is 0 Å².